The number of nitrogens with zero attached hydrogens (tertiary/aromatic N) is 1. The Balaban J connectivity index is 2.60. The van der Waals surface area contributed by atoms with Gasteiger partial charge < -0.3 is 4.74 Å². The van der Waals surface area contributed by atoms with E-state index in [0.29, 0.717) is 0 Å². The Hall–Kier alpha value is -1.64. The van der Waals surface area contributed by atoms with E-state index in [1.54, 1.807) is 6.21 Å². The minimum absolute atomic E-state index is 0.0742. The fraction of sp³-hybridized carbons (Fsp3) is 0.273. The van der Waals surface area contributed by atoms with Crippen LogP contribution in [0.3, 0.4) is 0 Å². The summed E-state index contributed by atoms with van der Waals surface area (Å²) in [5.74, 6) is -0.324. The maximum Gasteiger partial charge on any atom is 0.327 e. The fourth-order valence-electron chi connectivity index (χ4n) is 1.01. The molecule has 0 amide bonds. The predicted octanol–water partition coefficient (Wildman–Crippen LogP) is 1.59. The Morgan fingerprint density at radius 3 is 2.86 bits per heavy atom. The first kappa shape index (κ1) is 10.4. The van der Waals surface area contributed by atoms with Gasteiger partial charge in [-0.25, -0.2) is 0 Å². The Morgan fingerprint density at radius 2 is 2.21 bits per heavy atom. The minimum atomic E-state index is -0.324. The first-order valence-electron chi connectivity index (χ1n) is 4.36. The van der Waals surface area contributed by atoms with Gasteiger partial charge in [-0.05, 0) is 18.1 Å². The smallest absolute Gasteiger partial charge is 0.327 e. The molecular weight excluding hydrogens is 178 g/mol. The number of hydrogen-bond donors (Lipinski definition) is 0. The van der Waals surface area contributed by atoms with E-state index in [4.69, 9.17) is 0 Å². The number of methoxy groups -OCH3 is 1. The molecule has 1 rings (SSSR count). The van der Waals surface area contributed by atoms with E-state index in [1.807, 2.05) is 31.2 Å². The number of ether oxygens (including phenoxy) is 1. The zero-order valence-electron chi connectivity index (χ0n) is 8.36. The lowest BCUT2D eigenvalue weighted by Crippen LogP contribution is -2.04. The lowest BCUT2D eigenvalue weighted by molar-refractivity contribution is -0.138. The van der Waals surface area contributed by atoms with Gasteiger partial charge in [0.15, 0.2) is 0 Å². The van der Waals surface area contributed by atoms with Gasteiger partial charge in [0.25, 0.3) is 0 Å². The van der Waals surface area contributed by atoms with E-state index in [1.165, 1.54) is 7.11 Å². The molecule has 0 aliphatic rings. The minimum Gasteiger partial charge on any atom is -0.468 e. The summed E-state index contributed by atoms with van der Waals surface area (Å²) in [6, 6.07) is 7.86. The van der Waals surface area contributed by atoms with Crippen LogP contribution in [0.15, 0.2) is 29.3 Å². The third-order valence-electron chi connectivity index (χ3n) is 1.87. The van der Waals surface area contributed by atoms with Crippen molar-refractivity contribution in [3.05, 3.63) is 35.4 Å². The second-order valence-electron chi connectivity index (χ2n) is 2.90. The van der Waals surface area contributed by atoms with Gasteiger partial charge in [-0.3, -0.25) is 9.79 Å². The second kappa shape index (κ2) is 5.17. The van der Waals surface area contributed by atoms with Gasteiger partial charge in [0.2, 0.25) is 0 Å². The SMILES string of the molecule is COC(=O)CN=Cc1ccccc1C. The third kappa shape index (κ3) is 3.01. The van der Waals surface area contributed by atoms with Crippen molar-refractivity contribution in [3.63, 3.8) is 0 Å². The summed E-state index contributed by atoms with van der Waals surface area (Å²) in [5, 5.41) is 0. The molecule has 0 heterocycles. The predicted molar refractivity (Wildman–Crippen MR) is 55.7 cm³/mol. The number of esters is 1. The van der Waals surface area contributed by atoms with E-state index in [9.17, 15) is 4.79 Å². The Bertz CT molecular complexity index is 345. The van der Waals surface area contributed by atoms with Crippen LogP contribution < -0.4 is 0 Å². The molecule has 0 aromatic heterocycles. The van der Waals surface area contributed by atoms with Crippen molar-refractivity contribution in [1.29, 1.82) is 0 Å². The molecule has 14 heavy (non-hydrogen) atoms. The van der Waals surface area contributed by atoms with Crippen LogP contribution in [0.4, 0.5) is 0 Å². The number of aryl methyl sites for hydroxylation is 1. The van der Waals surface area contributed by atoms with Gasteiger partial charge in [0.05, 0.1) is 7.11 Å². The molecule has 0 saturated heterocycles. The molecule has 0 bridgehead atoms. The van der Waals surface area contributed by atoms with E-state index < -0.39 is 0 Å². The van der Waals surface area contributed by atoms with Gasteiger partial charge in [0, 0.05) is 6.21 Å². The average Bonchev–Trinajstić information content (AvgIpc) is 2.20. The molecule has 1 aromatic carbocycles. The lowest BCUT2D eigenvalue weighted by Gasteiger charge is -1.97. The molecule has 0 aliphatic carbocycles. The molecule has 0 saturated carbocycles. The normalized spacial score (nSPS) is 10.4. The highest BCUT2D eigenvalue weighted by Crippen LogP contribution is 2.03. The summed E-state index contributed by atoms with van der Waals surface area (Å²) in [5.41, 5.74) is 2.16. The lowest BCUT2D eigenvalue weighted by atomic mass is 10.1. The zero-order chi connectivity index (χ0) is 10.4. The van der Waals surface area contributed by atoms with Crippen molar-refractivity contribution >= 4 is 12.2 Å². The topological polar surface area (TPSA) is 38.7 Å². The van der Waals surface area contributed by atoms with E-state index in [2.05, 4.69) is 9.73 Å². The zero-order valence-corrected chi connectivity index (χ0v) is 8.36. The number of carbonyl (C=O) groups is 1. The van der Waals surface area contributed by atoms with Gasteiger partial charge in [-0.1, -0.05) is 24.3 Å². The maximum absolute atomic E-state index is 10.8. The van der Waals surface area contributed by atoms with Crippen LogP contribution in [0, 0.1) is 6.92 Å². The van der Waals surface area contributed by atoms with Crippen molar-refractivity contribution in [1.82, 2.24) is 0 Å². The highest BCUT2D eigenvalue weighted by molar-refractivity contribution is 5.83. The third-order valence-corrected chi connectivity index (χ3v) is 1.87. The van der Waals surface area contributed by atoms with Crippen molar-refractivity contribution in [2.45, 2.75) is 6.92 Å². The first-order valence-corrected chi connectivity index (χ1v) is 4.36. The Labute approximate surface area is 83.4 Å². The largest absolute Gasteiger partial charge is 0.468 e. The number of aliphatic imine (C=N–C) groups is 1. The van der Waals surface area contributed by atoms with Gasteiger partial charge in [-0.2, -0.15) is 0 Å². The van der Waals surface area contributed by atoms with Crippen LogP contribution in [0.5, 0.6) is 0 Å². The summed E-state index contributed by atoms with van der Waals surface area (Å²) >= 11 is 0. The quantitative estimate of drug-likeness (QED) is 0.537. The summed E-state index contributed by atoms with van der Waals surface area (Å²) in [6.45, 7) is 2.07. The van der Waals surface area contributed by atoms with Crippen LogP contribution in [0.1, 0.15) is 11.1 Å². The van der Waals surface area contributed by atoms with Crippen molar-refractivity contribution in [2.75, 3.05) is 13.7 Å². The molecule has 0 radical (unpaired) electrons. The molecule has 0 spiro atoms. The molecule has 3 nitrogen and oxygen atoms in total. The van der Waals surface area contributed by atoms with Crippen LogP contribution in [0.25, 0.3) is 0 Å². The molecule has 0 unspecified atom stereocenters. The Morgan fingerprint density at radius 1 is 1.50 bits per heavy atom. The van der Waals surface area contributed by atoms with Gasteiger partial charge >= 0.3 is 5.97 Å². The molecule has 74 valence electrons. The van der Waals surface area contributed by atoms with E-state index in [0.717, 1.165) is 11.1 Å². The number of rotatable bonds is 3. The molecule has 0 aliphatic heterocycles. The van der Waals surface area contributed by atoms with Crippen LogP contribution in [-0.4, -0.2) is 25.8 Å². The number of carbonyl (C=O) groups excluding carboxylic acids is 1. The standard InChI is InChI=1S/C11H13NO2/c1-9-5-3-4-6-10(9)7-12-8-11(13)14-2/h3-7H,8H2,1-2H3. The van der Waals surface area contributed by atoms with E-state index in [-0.39, 0.29) is 12.5 Å². The molecule has 0 N–H and O–H groups in total. The fourth-order valence-corrected chi connectivity index (χ4v) is 1.01. The molecule has 0 atom stereocenters. The number of hydrogen-bond acceptors (Lipinski definition) is 3. The van der Waals surface area contributed by atoms with Crippen LogP contribution in [0.2, 0.25) is 0 Å². The molecule has 0 fully saturated rings. The Kier molecular flexibility index (Phi) is 3.85. The summed E-state index contributed by atoms with van der Waals surface area (Å²) in [4.78, 5) is 14.7. The van der Waals surface area contributed by atoms with Gasteiger partial charge in [-0.15, -0.1) is 0 Å². The van der Waals surface area contributed by atoms with Crippen LogP contribution >= 0.6 is 0 Å². The molecule has 3 heteroatoms. The number of benzene rings is 1. The first-order chi connectivity index (χ1) is 6.74. The monoisotopic (exact) mass is 191 g/mol. The summed E-state index contributed by atoms with van der Waals surface area (Å²) in [7, 11) is 1.35. The highest BCUT2D eigenvalue weighted by atomic mass is 16.5. The molecular formula is C11H13NO2. The van der Waals surface area contributed by atoms with Crippen molar-refractivity contribution < 1.29 is 9.53 Å². The maximum atomic E-state index is 10.8. The summed E-state index contributed by atoms with van der Waals surface area (Å²) in [6.07, 6.45) is 1.69. The average molecular weight is 191 g/mol. The highest BCUT2D eigenvalue weighted by Gasteiger charge is 1.96. The summed E-state index contributed by atoms with van der Waals surface area (Å²) < 4.78 is 4.47. The van der Waals surface area contributed by atoms with Gasteiger partial charge in [0.1, 0.15) is 6.54 Å². The van der Waals surface area contributed by atoms with Crippen LogP contribution in [-0.2, 0) is 9.53 Å². The van der Waals surface area contributed by atoms with E-state index >= 15 is 0 Å². The molecule has 1 aromatic rings. The van der Waals surface area contributed by atoms with Crippen molar-refractivity contribution in [3.8, 4) is 0 Å². The van der Waals surface area contributed by atoms with Crippen molar-refractivity contribution in [2.24, 2.45) is 4.99 Å². The second-order valence-corrected chi connectivity index (χ2v) is 2.90.